The Morgan fingerprint density at radius 3 is 2.80 bits per heavy atom. The third kappa shape index (κ3) is 6.63. The van der Waals surface area contributed by atoms with E-state index in [-0.39, 0.29) is 18.4 Å². The Hall–Kier alpha value is -1.47. The van der Waals surface area contributed by atoms with Crippen molar-refractivity contribution >= 4 is 33.6 Å². The minimum Gasteiger partial charge on any atom is -0.469 e. The first-order valence-corrected chi connectivity index (χ1v) is 6.97. The fourth-order valence-electron chi connectivity index (χ4n) is 1.55. The molecule has 0 aliphatic heterocycles. The molecule has 20 heavy (non-hydrogen) atoms. The van der Waals surface area contributed by atoms with Gasteiger partial charge < -0.3 is 10.1 Å². The molecule has 0 saturated carbocycles. The highest BCUT2D eigenvalue weighted by Crippen LogP contribution is 2.10. The normalized spacial score (nSPS) is 10.4. The number of hydrogen-bond acceptors (Lipinski definition) is 5. The first-order valence-electron chi connectivity index (χ1n) is 6.18. The van der Waals surface area contributed by atoms with Gasteiger partial charge in [0.15, 0.2) is 0 Å². The van der Waals surface area contributed by atoms with Gasteiger partial charge in [0, 0.05) is 17.1 Å². The van der Waals surface area contributed by atoms with E-state index in [9.17, 15) is 9.59 Å². The number of amides is 1. The van der Waals surface area contributed by atoms with E-state index in [1.54, 1.807) is 12.3 Å². The molecule has 1 aromatic rings. The molecule has 0 aliphatic rings. The number of carbonyl (C=O) groups is 2. The lowest BCUT2D eigenvalue weighted by Gasteiger charge is -2.15. The molecule has 0 fully saturated rings. The number of pyridine rings is 1. The van der Waals surface area contributed by atoms with Crippen molar-refractivity contribution < 1.29 is 14.3 Å². The van der Waals surface area contributed by atoms with Gasteiger partial charge in [-0.2, -0.15) is 0 Å². The summed E-state index contributed by atoms with van der Waals surface area (Å²) in [6.07, 6.45) is 2.64. The topological polar surface area (TPSA) is 71.5 Å². The van der Waals surface area contributed by atoms with Crippen LogP contribution in [0.1, 0.15) is 12.8 Å². The van der Waals surface area contributed by atoms with E-state index in [0.29, 0.717) is 25.2 Å². The number of aromatic nitrogens is 1. The Morgan fingerprint density at radius 1 is 1.45 bits per heavy atom. The second-order valence-corrected chi connectivity index (χ2v) is 5.24. The summed E-state index contributed by atoms with van der Waals surface area (Å²) in [5.41, 5.74) is 0. The molecule has 1 amide bonds. The number of ether oxygens (including phenoxy) is 1. The van der Waals surface area contributed by atoms with Gasteiger partial charge in [0.05, 0.1) is 13.7 Å². The van der Waals surface area contributed by atoms with E-state index >= 15 is 0 Å². The van der Waals surface area contributed by atoms with Crippen molar-refractivity contribution in [1.29, 1.82) is 0 Å². The van der Waals surface area contributed by atoms with Crippen LogP contribution >= 0.6 is 15.9 Å². The van der Waals surface area contributed by atoms with Crippen LogP contribution in [0.4, 0.5) is 5.82 Å². The van der Waals surface area contributed by atoms with Crippen LogP contribution in [0.15, 0.2) is 22.8 Å². The number of likely N-dealkylation sites (N-methyl/N-ethyl adjacent to an activating group) is 1. The minimum absolute atomic E-state index is 0.139. The number of carbonyl (C=O) groups excluding carboxylic acids is 2. The first kappa shape index (κ1) is 16.6. The number of rotatable bonds is 7. The maximum absolute atomic E-state index is 11.8. The quantitative estimate of drug-likeness (QED) is 0.762. The Kier molecular flexibility index (Phi) is 7.17. The highest BCUT2D eigenvalue weighted by atomic mass is 79.9. The maximum atomic E-state index is 11.8. The van der Waals surface area contributed by atoms with Crippen LogP contribution in [0.2, 0.25) is 0 Å². The summed E-state index contributed by atoms with van der Waals surface area (Å²) in [5, 5.41) is 2.71. The number of methoxy groups -OCH3 is 1. The summed E-state index contributed by atoms with van der Waals surface area (Å²) in [7, 11) is 3.19. The van der Waals surface area contributed by atoms with E-state index in [1.807, 2.05) is 18.0 Å². The third-order valence-corrected chi connectivity index (χ3v) is 3.03. The zero-order valence-electron chi connectivity index (χ0n) is 11.6. The van der Waals surface area contributed by atoms with Gasteiger partial charge in [-0.05, 0) is 48.1 Å². The van der Waals surface area contributed by atoms with Crippen molar-refractivity contribution in [2.45, 2.75) is 12.8 Å². The SMILES string of the molecule is COC(=O)CCCN(C)CC(=O)Nc1ccc(Br)cn1. The average Bonchev–Trinajstić information content (AvgIpc) is 2.41. The second kappa shape index (κ2) is 8.65. The fraction of sp³-hybridized carbons (Fsp3) is 0.462. The van der Waals surface area contributed by atoms with Gasteiger partial charge in [-0.1, -0.05) is 0 Å². The van der Waals surface area contributed by atoms with Crippen molar-refractivity contribution in [3.8, 4) is 0 Å². The van der Waals surface area contributed by atoms with Crippen LogP contribution in [0.5, 0.6) is 0 Å². The molecule has 1 rings (SSSR count). The van der Waals surface area contributed by atoms with Crippen LogP contribution < -0.4 is 5.32 Å². The highest BCUT2D eigenvalue weighted by molar-refractivity contribution is 9.10. The summed E-state index contributed by atoms with van der Waals surface area (Å²) in [5.74, 6) is 0.142. The lowest BCUT2D eigenvalue weighted by molar-refractivity contribution is -0.140. The summed E-state index contributed by atoms with van der Waals surface area (Å²) in [4.78, 5) is 28.6. The van der Waals surface area contributed by atoms with E-state index < -0.39 is 0 Å². The molecule has 0 aromatic carbocycles. The van der Waals surface area contributed by atoms with Crippen LogP contribution in [0, 0.1) is 0 Å². The Balaban J connectivity index is 2.27. The van der Waals surface area contributed by atoms with Crippen LogP contribution in [-0.2, 0) is 14.3 Å². The van der Waals surface area contributed by atoms with Crippen molar-refractivity contribution in [1.82, 2.24) is 9.88 Å². The van der Waals surface area contributed by atoms with Crippen molar-refractivity contribution in [2.24, 2.45) is 0 Å². The van der Waals surface area contributed by atoms with Crippen molar-refractivity contribution in [3.63, 3.8) is 0 Å². The molecule has 0 aliphatic carbocycles. The molecule has 0 radical (unpaired) electrons. The van der Waals surface area contributed by atoms with E-state index in [1.165, 1.54) is 7.11 Å². The van der Waals surface area contributed by atoms with E-state index in [2.05, 4.69) is 31.0 Å². The minimum atomic E-state index is -0.234. The van der Waals surface area contributed by atoms with Gasteiger partial charge >= 0.3 is 5.97 Å². The summed E-state index contributed by atoms with van der Waals surface area (Å²) >= 11 is 3.28. The predicted octanol–water partition coefficient (Wildman–Crippen LogP) is 1.67. The molecule has 0 spiro atoms. The summed E-state index contributed by atoms with van der Waals surface area (Å²) in [6.45, 7) is 0.898. The largest absolute Gasteiger partial charge is 0.469 e. The Morgan fingerprint density at radius 2 is 2.20 bits per heavy atom. The van der Waals surface area contributed by atoms with Crippen LogP contribution in [-0.4, -0.2) is 49.0 Å². The number of halogens is 1. The van der Waals surface area contributed by atoms with Crippen LogP contribution in [0.3, 0.4) is 0 Å². The van der Waals surface area contributed by atoms with E-state index in [0.717, 1.165) is 4.47 Å². The standard InChI is InChI=1S/C13H18BrN3O3/c1-17(7-3-4-13(19)20-2)9-12(18)16-11-6-5-10(14)8-15-11/h5-6,8H,3-4,7,9H2,1-2H3,(H,15,16,18). The van der Waals surface area contributed by atoms with Gasteiger partial charge in [0.25, 0.3) is 0 Å². The lowest BCUT2D eigenvalue weighted by Crippen LogP contribution is -2.31. The smallest absolute Gasteiger partial charge is 0.305 e. The second-order valence-electron chi connectivity index (χ2n) is 4.33. The monoisotopic (exact) mass is 343 g/mol. The molecule has 1 aromatic heterocycles. The number of anilines is 1. The summed E-state index contributed by atoms with van der Waals surface area (Å²) < 4.78 is 5.41. The molecule has 0 unspecified atom stereocenters. The zero-order valence-corrected chi connectivity index (χ0v) is 13.1. The molecule has 110 valence electrons. The summed E-state index contributed by atoms with van der Waals surface area (Å²) in [6, 6.07) is 3.53. The number of nitrogens with zero attached hydrogens (tertiary/aromatic N) is 2. The number of nitrogens with one attached hydrogen (secondary N) is 1. The molecule has 0 saturated heterocycles. The predicted molar refractivity (Wildman–Crippen MR) is 79.3 cm³/mol. The fourth-order valence-corrected chi connectivity index (χ4v) is 1.79. The molecular formula is C13H18BrN3O3. The third-order valence-electron chi connectivity index (χ3n) is 2.56. The van der Waals surface area contributed by atoms with Gasteiger partial charge in [-0.25, -0.2) is 4.98 Å². The van der Waals surface area contributed by atoms with Crippen LogP contribution in [0.25, 0.3) is 0 Å². The van der Waals surface area contributed by atoms with Gasteiger partial charge in [0.2, 0.25) is 5.91 Å². The molecular weight excluding hydrogens is 326 g/mol. The van der Waals surface area contributed by atoms with Gasteiger partial charge in [0.1, 0.15) is 5.82 Å². The maximum Gasteiger partial charge on any atom is 0.305 e. The van der Waals surface area contributed by atoms with Gasteiger partial charge in [-0.15, -0.1) is 0 Å². The molecule has 0 atom stereocenters. The van der Waals surface area contributed by atoms with Crippen molar-refractivity contribution in [2.75, 3.05) is 32.6 Å². The number of esters is 1. The highest BCUT2D eigenvalue weighted by Gasteiger charge is 2.08. The Labute approximate surface area is 126 Å². The lowest BCUT2D eigenvalue weighted by atomic mass is 10.3. The van der Waals surface area contributed by atoms with Gasteiger partial charge in [-0.3, -0.25) is 14.5 Å². The molecule has 1 N–H and O–H groups in total. The molecule has 1 heterocycles. The number of hydrogen-bond donors (Lipinski definition) is 1. The molecule has 7 heteroatoms. The molecule has 6 nitrogen and oxygen atoms in total. The molecule has 0 bridgehead atoms. The Bertz CT molecular complexity index is 451. The first-order chi connectivity index (χ1) is 9.51. The zero-order chi connectivity index (χ0) is 15.0. The van der Waals surface area contributed by atoms with Crippen molar-refractivity contribution in [3.05, 3.63) is 22.8 Å². The van der Waals surface area contributed by atoms with E-state index in [4.69, 9.17) is 0 Å². The average molecular weight is 344 g/mol.